The minimum atomic E-state index is -0.468. The Balaban J connectivity index is 2.21. The molecule has 2 atom stereocenters. The van der Waals surface area contributed by atoms with Crippen molar-refractivity contribution in [1.82, 2.24) is 10.2 Å². The normalized spacial score (nSPS) is 18.2. The van der Waals surface area contributed by atoms with Gasteiger partial charge in [-0.25, -0.2) is 0 Å². The van der Waals surface area contributed by atoms with Crippen molar-refractivity contribution < 1.29 is 9.59 Å². The molecule has 5 nitrogen and oxygen atoms in total. The number of nitrogens with zero attached hydrogens (tertiary/aromatic N) is 1. The first kappa shape index (κ1) is 20.4. The summed E-state index contributed by atoms with van der Waals surface area (Å²) in [6.07, 6.45) is 2.92. The van der Waals surface area contributed by atoms with Crippen molar-refractivity contribution in [2.24, 2.45) is 11.7 Å². The third-order valence-electron chi connectivity index (χ3n) is 5.89. The molecule has 2 unspecified atom stereocenters. The van der Waals surface area contributed by atoms with Crippen LogP contribution in [0.1, 0.15) is 58.1 Å². The molecule has 26 heavy (non-hydrogen) atoms. The number of hydrogen-bond donors (Lipinski definition) is 2. The minimum absolute atomic E-state index is 0.0483. The number of nitrogens with two attached hydrogens (primary N) is 1. The molecule has 1 aromatic rings. The molecule has 0 saturated heterocycles. The van der Waals surface area contributed by atoms with Gasteiger partial charge in [-0.15, -0.1) is 0 Å². The van der Waals surface area contributed by atoms with Crippen LogP contribution in [0.2, 0.25) is 0 Å². The first-order valence-electron chi connectivity index (χ1n) is 9.79. The summed E-state index contributed by atoms with van der Waals surface area (Å²) >= 11 is 0. The van der Waals surface area contributed by atoms with E-state index in [0.717, 1.165) is 30.4 Å². The maximum atomic E-state index is 13.0. The Labute approximate surface area is 157 Å². The molecule has 1 aliphatic rings. The van der Waals surface area contributed by atoms with Crippen molar-refractivity contribution in [2.45, 2.75) is 71.5 Å². The lowest BCUT2D eigenvalue weighted by atomic mass is 9.91. The number of rotatable bonds is 7. The molecule has 1 aliphatic heterocycles. The van der Waals surface area contributed by atoms with Crippen LogP contribution in [0, 0.1) is 5.92 Å². The SMILES string of the molecule is CCC(C)C(=O)N1Cc2ccccc2CC1C(=O)NCC(N)(CC)CC. The van der Waals surface area contributed by atoms with Crippen LogP contribution in [0.15, 0.2) is 24.3 Å². The predicted molar refractivity (Wildman–Crippen MR) is 104 cm³/mol. The molecule has 0 bridgehead atoms. The molecule has 1 heterocycles. The molecule has 5 heteroatoms. The monoisotopic (exact) mass is 359 g/mol. The lowest BCUT2D eigenvalue weighted by Crippen LogP contribution is -2.57. The van der Waals surface area contributed by atoms with E-state index >= 15 is 0 Å². The van der Waals surface area contributed by atoms with Crippen LogP contribution >= 0.6 is 0 Å². The highest BCUT2D eigenvalue weighted by atomic mass is 16.2. The van der Waals surface area contributed by atoms with Gasteiger partial charge in [0, 0.05) is 31.0 Å². The van der Waals surface area contributed by atoms with E-state index in [-0.39, 0.29) is 17.7 Å². The van der Waals surface area contributed by atoms with Crippen molar-refractivity contribution in [3.05, 3.63) is 35.4 Å². The fourth-order valence-corrected chi connectivity index (χ4v) is 3.33. The number of amides is 2. The van der Waals surface area contributed by atoms with E-state index in [9.17, 15) is 9.59 Å². The summed E-state index contributed by atoms with van der Waals surface area (Å²) in [4.78, 5) is 27.6. The van der Waals surface area contributed by atoms with Crippen molar-refractivity contribution >= 4 is 11.8 Å². The molecular formula is C21H33N3O2. The Hall–Kier alpha value is -1.88. The number of benzene rings is 1. The van der Waals surface area contributed by atoms with Gasteiger partial charge in [0.15, 0.2) is 0 Å². The van der Waals surface area contributed by atoms with Crippen LogP contribution in [-0.4, -0.2) is 34.8 Å². The van der Waals surface area contributed by atoms with Gasteiger partial charge in [0.2, 0.25) is 11.8 Å². The van der Waals surface area contributed by atoms with Gasteiger partial charge >= 0.3 is 0 Å². The summed E-state index contributed by atoms with van der Waals surface area (Å²) in [5, 5.41) is 3.01. The number of fused-ring (bicyclic) bond motifs is 1. The molecule has 0 radical (unpaired) electrons. The van der Waals surface area contributed by atoms with Crippen LogP contribution in [0.25, 0.3) is 0 Å². The first-order valence-corrected chi connectivity index (χ1v) is 9.79. The number of carbonyl (C=O) groups excluding carboxylic acids is 2. The third kappa shape index (κ3) is 4.44. The van der Waals surface area contributed by atoms with Gasteiger partial charge in [0.05, 0.1) is 0 Å². The smallest absolute Gasteiger partial charge is 0.243 e. The summed E-state index contributed by atoms with van der Waals surface area (Å²) in [6, 6.07) is 7.59. The largest absolute Gasteiger partial charge is 0.352 e. The Morgan fingerprint density at radius 1 is 1.23 bits per heavy atom. The van der Waals surface area contributed by atoms with Gasteiger partial charge in [-0.2, -0.15) is 0 Å². The first-order chi connectivity index (χ1) is 12.3. The van der Waals surface area contributed by atoms with Gasteiger partial charge in [0.1, 0.15) is 6.04 Å². The fraction of sp³-hybridized carbons (Fsp3) is 0.619. The summed E-state index contributed by atoms with van der Waals surface area (Å²) in [5.41, 5.74) is 8.20. The maximum absolute atomic E-state index is 13.0. The molecule has 2 rings (SSSR count). The van der Waals surface area contributed by atoms with E-state index in [1.54, 1.807) is 4.90 Å². The van der Waals surface area contributed by atoms with Gasteiger partial charge in [0.25, 0.3) is 0 Å². The van der Waals surface area contributed by atoms with Crippen LogP contribution in [0.5, 0.6) is 0 Å². The quantitative estimate of drug-likeness (QED) is 0.786. The van der Waals surface area contributed by atoms with E-state index in [1.807, 2.05) is 52.0 Å². The lowest BCUT2D eigenvalue weighted by Gasteiger charge is -2.38. The Morgan fingerprint density at radius 2 is 1.85 bits per heavy atom. The van der Waals surface area contributed by atoms with Crippen molar-refractivity contribution in [3.8, 4) is 0 Å². The summed E-state index contributed by atoms with van der Waals surface area (Å²) < 4.78 is 0. The molecule has 3 N–H and O–H groups in total. The summed E-state index contributed by atoms with van der Waals surface area (Å²) in [6.45, 7) is 8.92. The van der Waals surface area contributed by atoms with Crippen molar-refractivity contribution in [2.75, 3.05) is 6.54 Å². The second-order valence-corrected chi connectivity index (χ2v) is 7.55. The van der Waals surface area contributed by atoms with Gasteiger partial charge in [-0.05, 0) is 30.4 Å². The molecule has 144 valence electrons. The average molecular weight is 360 g/mol. The summed E-state index contributed by atoms with van der Waals surface area (Å²) in [7, 11) is 0. The second kappa shape index (κ2) is 8.67. The van der Waals surface area contributed by atoms with E-state index in [4.69, 9.17) is 5.73 Å². The summed E-state index contributed by atoms with van der Waals surface area (Å²) in [5.74, 6) is -0.143. The molecular weight excluding hydrogens is 326 g/mol. The van der Waals surface area contributed by atoms with Gasteiger partial charge in [-0.3, -0.25) is 9.59 Å². The second-order valence-electron chi connectivity index (χ2n) is 7.55. The standard InChI is InChI=1S/C21H33N3O2/c1-5-15(4)20(26)24-13-17-11-9-8-10-16(17)12-18(24)19(25)23-14-21(22,6-2)7-3/h8-11,15,18H,5-7,12-14,22H2,1-4H3,(H,23,25). The predicted octanol–water partition coefficient (Wildman–Crippen LogP) is 2.62. The van der Waals surface area contributed by atoms with E-state index < -0.39 is 11.6 Å². The molecule has 0 saturated carbocycles. The van der Waals surface area contributed by atoms with Crippen LogP contribution < -0.4 is 11.1 Å². The van der Waals surface area contributed by atoms with E-state index in [2.05, 4.69) is 5.32 Å². The number of carbonyl (C=O) groups is 2. The molecule has 0 aromatic heterocycles. The zero-order valence-corrected chi connectivity index (χ0v) is 16.5. The van der Waals surface area contributed by atoms with E-state index in [0.29, 0.717) is 19.5 Å². The Morgan fingerprint density at radius 3 is 2.42 bits per heavy atom. The van der Waals surface area contributed by atoms with Crippen LogP contribution in [0.3, 0.4) is 0 Å². The molecule has 0 fully saturated rings. The molecule has 0 spiro atoms. The van der Waals surface area contributed by atoms with Crippen LogP contribution in [-0.2, 0) is 22.6 Å². The molecule has 2 amide bonds. The topological polar surface area (TPSA) is 75.4 Å². The Kier molecular flexibility index (Phi) is 6.81. The van der Waals surface area contributed by atoms with E-state index in [1.165, 1.54) is 0 Å². The Bertz CT molecular complexity index is 640. The van der Waals surface area contributed by atoms with Crippen molar-refractivity contribution in [1.29, 1.82) is 0 Å². The van der Waals surface area contributed by atoms with Crippen LogP contribution in [0.4, 0.5) is 0 Å². The average Bonchev–Trinajstić information content (AvgIpc) is 2.69. The highest BCUT2D eigenvalue weighted by Gasteiger charge is 2.36. The minimum Gasteiger partial charge on any atom is -0.352 e. The van der Waals surface area contributed by atoms with Crippen molar-refractivity contribution in [3.63, 3.8) is 0 Å². The molecule has 0 aliphatic carbocycles. The fourth-order valence-electron chi connectivity index (χ4n) is 3.33. The van der Waals surface area contributed by atoms with Gasteiger partial charge < -0.3 is 16.0 Å². The lowest BCUT2D eigenvalue weighted by molar-refractivity contribution is -0.144. The zero-order chi connectivity index (χ0) is 19.3. The van der Waals surface area contributed by atoms with Gasteiger partial charge in [-0.1, -0.05) is 52.0 Å². The molecule has 1 aromatic carbocycles. The zero-order valence-electron chi connectivity index (χ0n) is 16.5. The highest BCUT2D eigenvalue weighted by Crippen LogP contribution is 2.25. The third-order valence-corrected chi connectivity index (χ3v) is 5.89. The maximum Gasteiger partial charge on any atom is 0.243 e. The number of hydrogen-bond acceptors (Lipinski definition) is 3. The number of nitrogens with one attached hydrogen (secondary N) is 1. The highest BCUT2D eigenvalue weighted by molar-refractivity contribution is 5.89.